The van der Waals surface area contributed by atoms with Crippen LogP contribution in [0, 0.1) is 5.92 Å². The van der Waals surface area contributed by atoms with Gasteiger partial charge in [0.25, 0.3) is 0 Å². The summed E-state index contributed by atoms with van der Waals surface area (Å²) in [6.45, 7) is 10.5. The Morgan fingerprint density at radius 1 is 1.11 bits per heavy atom. The van der Waals surface area contributed by atoms with Crippen LogP contribution in [0.25, 0.3) is 0 Å². The normalized spacial score (nSPS) is 14.2. The molecule has 1 rings (SSSR count). The van der Waals surface area contributed by atoms with E-state index in [1.54, 1.807) is 0 Å². The Labute approximate surface area is 117 Å². The fourth-order valence-corrected chi connectivity index (χ4v) is 2.04. The molecule has 0 bridgehead atoms. The lowest BCUT2D eigenvalue weighted by atomic mass is 9.96. The summed E-state index contributed by atoms with van der Waals surface area (Å²) >= 11 is 0. The SMILES string of the molecule is CC[C@H](C)NC(=O)[C@H](C)c1ccc(CC(C)C)cc1. The highest BCUT2D eigenvalue weighted by atomic mass is 16.1. The summed E-state index contributed by atoms with van der Waals surface area (Å²) in [6, 6.07) is 8.69. The quantitative estimate of drug-likeness (QED) is 0.826. The smallest absolute Gasteiger partial charge is 0.227 e. The van der Waals surface area contributed by atoms with Crippen LogP contribution in [-0.2, 0) is 11.2 Å². The van der Waals surface area contributed by atoms with E-state index in [0.29, 0.717) is 5.92 Å². The van der Waals surface area contributed by atoms with Crippen LogP contribution < -0.4 is 5.32 Å². The van der Waals surface area contributed by atoms with Crippen LogP contribution in [0.5, 0.6) is 0 Å². The van der Waals surface area contributed by atoms with E-state index in [1.807, 2.05) is 13.8 Å². The molecular formula is C17H27NO. The van der Waals surface area contributed by atoms with E-state index >= 15 is 0 Å². The van der Waals surface area contributed by atoms with Gasteiger partial charge in [-0.25, -0.2) is 0 Å². The molecule has 2 heteroatoms. The maximum Gasteiger partial charge on any atom is 0.227 e. The molecule has 0 aliphatic heterocycles. The first kappa shape index (κ1) is 15.7. The second-order valence-electron chi connectivity index (χ2n) is 5.88. The first-order valence-electron chi connectivity index (χ1n) is 7.33. The van der Waals surface area contributed by atoms with Crippen molar-refractivity contribution < 1.29 is 4.79 Å². The van der Waals surface area contributed by atoms with E-state index < -0.39 is 0 Å². The van der Waals surface area contributed by atoms with E-state index in [0.717, 1.165) is 18.4 Å². The van der Waals surface area contributed by atoms with Crippen LogP contribution in [0.15, 0.2) is 24.3 Å². The molecule has 1 N–H and O–H groups in total. The highest BCUT2D eigenvalue weighted by Gasteiger charge is 2.16. The van der Waals surface area contributed by atoms with E-state index in [9.17, 15) is 4.79 Å². The zero-order valence-electron chi connectivity index (χ0n) is 12.9. The lowest BCUT2D eigenvalue weighted by molar-refractivity contribution is -0.122. The monoisotopic (exact) mass is 261 g/mol. The van der Waals surface area contributed by atoms with Gasteiger partial charge in [-0.05, 0) is 43.7 Å². The van der Waals surface area contributed by atoms with Gasteiger partial charge in [0.05, 0.1) is 5.92 Å². The molecule has 0 radical (unpaired) electrons. The summed E-state index contributed by atoms with van der Waals surface area (Å²) in [5.41, 5.74) is 2.43. The molecule has 0 spiro atoms. The zero-order valence-corrected chi connectivity index (χ0v) is 12.9. The fourth-order valence-electron chi connectivity index (χ4n) is 2.04. The van der Waals surface area contributed by atoms with Crippen LogP contribution in [0.3, 0.4) is 0 Å². The second-order valence-corrected chi connectivity index (χ2v) is 5.88. The minimum absolute atomic E-state index is 0.0814. The standard InChI is InChI=1S/C17H27NO/c1-6-13(4)18-17(19)14(5)16-9-7-15(8-10-16)11-12(2)3/h7-10,12-14H,6,11H2,1-5H3,(H,18,19)/t13-,14+/m0/s1. The van der Waals surface area contributed by atoms with Gasteiger partial charge >= 0.3 is 0 Å². The molecule has 1 aromatic rings. The molecular weight excluding hydrogens is 234 g/mol. The largest absolute Gasteiger partial charge is 0.353 e. The third-order valence-corrected chi connectivity index (χ3v) is 3.52. The highest BCUT2D eigenvalue weighted by Crippen LogP contribution is 2.18. The lowest BCUT2D eigenvalue weighted by Crippen LogP contribution is -2.35. The van der Waals surface area contributed by atoms with Gasteiger partial charge in [0, 0.05) is 6.04 Å². The number of carbonyl (C=O) groups excluding carboxylic acids is 1. The molecule has 0 aromatic heterocycles. The summed E-state index contributed by atoms with van der Waals surface area (Å²) < 4.78 is 0. The minimum Gasteiger partial charge on any atom is -0.353 e. The zero-order chi connectivity index (χ0) is 14.4. The van der Waals surface area contributed by atoms with Crippen molar-refractivity contribution in [2.24, 2.45) is 5.92 Å². The topological polar surface area (TPSA) is 29.1 Å². The van der Waals surface area contributed by atoms with Gasteiger partial charge in [0.1, 0.15) is 0 Å². The Bertz CT molecular complexity index is 394. The van der Waals surface area contributed by atoms with E-state index in [4.69, 9.17) is 0 Å². The van der Waals surface area contributed by atoms with Crippen molar-refractivity contribution >= 4 is 5.91 Å². The average molecular weight is 261 g/mol. The van der Waals surface area contributed by atoms with E-state index in [-0.39, 0.29) is 17.9 Å². The predicted molar refractivity (Wildman–Crippen MR) is 81.3 cm³/mol. The summed E-state index contributed by atoms with van der Waals surface area (Å²) in [5.74, 6) is 0.699. The number of nitrogens with one attached hydrogen (secondary N) is 1. The van der Waals surface area contributed by atoms with Gasteiger partial charge < -0.3 is 5.32 Å². The summed E-state index contributed by atoms with van der Waals surface area (Å²) in [6.07, 6.45) is 2.06. The van der Waals surface area contributed by atoms with Crippen LogP contribution >= 0.6 is 0 Å². The molecule has 0 saturated carbocycles. The molecule has 19 heavy (non-hydrogen) atoms. The third-order valence-electron chi connectivity index (χ3n) is 3.52. The van der Waals surface area contributed by atoms with E-state index in [2.05, 4.69) is 50.4 Å². The highest BCUT2D eigenvalue weighted by molar-refractivity contribution is 5.83. The number of amides is 1. The van der Waals surface area contributed by atoms with Crippen LogP contribution in [0.2, 0.25) is 0 Å². The molecule has 0 fully saturated rings. The fraction of sp³-hybridized carbons (Fsp3) is 0.588. The Kier molecular flexibility index (Phi) is 6.07. The minimum atomic E-state index is -0.0814. The van der Waals surface area contributed by atoms with Gasteiger partial charge in [0.2, 0.25) is 5.91 Å². The van der Waals surface area contributed by atoms with Crippen LogP contribution in [0.4, 0.5) is 0 Å². The molecule has 0 aliphatic carbocycles. The van der Waals surface area contributed by atoms with Crippen molar-refractivity contribution in [2.45, 2.75) is 59.4 Å². The van der Waals surface area contributed by atoms with Gasteiger partial charge in [-0.3, -0.25) is 4.79 Å². The van der Waals surface area contributed by atoms with E-state index in [1.165, 1.54) is 5.56 Å². The first-order valence-corrected chi connectivity index (χ1v) is 7.33. The summed E-state index contributed by atoms with van der Waals surface area (Å²) in [4.78, 5) is 12.1. The average Bonchev–Trinajstić information content (AvgIpc) is 2.37. The third kappa shape index (κ3) is 5.06. The molecule has 1 aromatic carbocycles. The van der Waals surface area contributed by atoms with Crippen molar-refractivity contribution in [1.29, 1.82) is 0 Å². The molecule has 0 heterocycles. The first-order chi connectivity index (χ1) is 8.93. The van der Waals surface area contributed by atoms with Gasteiger partial charge in [-0.1, -0.05) is 45.0 Å². The Hall–Kier alpha value is -1.31. The van der Waals surface area contributed by atoms with Crippen molar-refractivity contribution in [2.75, 3.05) is 0 Å². The molecule has 0 aliphatic rings. The number of carbonyl (C=O) groups is 1. The van der Waals surface area contributed by atoms with Gasteiger partial charge in [-0.2, -0.15) is 0 Å². The van der Waals surface area contributed by atoms with Crippen LogP contribution in [0.1, 0.15) is 58.1 Å². The van der Waals surface area contributed by atoms with Crippen molar-refractivity contribution in [1.82, 2.24) is 5.32 Å². The lowest BCUT2D eigenvalue weighted by Gasteiger charge is -2.17. The predicted octanol–water partition coefficient (Wildman–Crippen LogP) is 3.90. The summed E-state index contributed by atoms with van der Waals surface area (Å²) in [7, 11) is 0. The molecule has 106 valence electrons. The van der Waals surface area contributed by atoms with Gasteiger partial charge in [-0.15, -0.1) is 0 Å². The second kappa shape index (κ2) is 7.32. The molecule has 1 amide bonds. The molecule has 0 unspecified atom stereocenters. The number of benzene rings is 1. The Balaban J connectivity index is 2.66. The number of hydrogen-bond donors (Lipinski definition) is 1. The maximum atomic E-state index is 12.1. The number of hydrogen-bond acceptors (Lipinski definition) is 1. The molecule has 2 nitrogen and oxygen atoms in total. The van der Waals surface area contributed by atoms with Crippen molar-refractivity contribution in [3.05, 3.63) is 35.4 Å². The van der Waals surface area contributed by atoms with Crippen LogP contribution in [-0.4, -0.2) is 11.9 Å². The Morgan fingerprint density at radius 3 is 2.16 bits per heavy atom. The molecule has 2 atom stereocenters. The Morgan fingerprint density at radius 2 is 1.68 bits per heavy atom. The number of rotatable bonds is 6. The van der Waals surface area contributed by atoms with Crippen molar-refractivity contribution in [3.8, 4) is 0 Å². The van der Waals surface area contributed by atoms with Gasteiger partial charge in [0.15, 0.2) is 0 Å². The van der Waals surface area contributed by atoms with Crippen molar-refractivity contribution in [3.63, 3.8) is 0 Å². The molecule has 0 saturated heterocycles. The maximum absolute atomic E-state index is 12.1. The summed E-state index contributed by atoms with van der Waals surface area (Å²) in [5, 5.41) is 3.04.